The average molecular weight is 479 g/mol. The smallest absolute Gasteiger partial charge is 0.294 e. The van der Waals surface area contributed by atoms with Crippen LogP contribution < -0.4 is 14.3 Å². The van der Waals surface area contributed by atoms with Gasteiger partial charge in [-0.3, -0.25) is 20.2 Å². The second-order valence-corrected chi connectivity index (χ2v) is 7.65. The molecule has 0 bridgehead atoms. The Hall–Kier alpha value is -4.78. The predicted molar refractivity (Wildman–Crippen MR) is 121 cm³/mol. The number of thiazole rings is 1. The van der Waals surface area contributed by atoms with E-state index in [1.807, 2.05) is 0 Å². The van der Waals surface area contributed by atoms with Gasteiger partial charge in [-0.25, -0.2) is 9.67 Å². The van der Waals surface area contributed by atoms with Gasteiger partial charge in [0.1, 0.15) is 11.4 Å². The molecule has 1 aliphatic rings. The van der Waals surface area contributed by atoms with Crippen molar-refractivity contribution in [3.63, 3.8) is 0 Å². The van der Waals surface area contributed by atoms with Crippen molar-refractivity contribution in [1.82, 2.24) is 4.68 Å². The third-order valence-electron chi connectivity index (χ3n) is 4.78. The first-order chi connectivity index (χ1) is 16.5. The van der Waals surface area contributed by atoms with Crippen LogP contribution in [0.25, 0.3) is 11.5 Å². The number of nitro benzene ring substituents is 2. The highest BCUT2D eigenvalue weighted by atomic mass is 32.1. The molecule has 0 saturated carbocycles. The van der Waals surface area contributed by atoms with Gasteiger partial charge in [0.05, 0.1) is 34.0 Å². The summed E-state index contributed by atoms with van der Waals surface area (Å²) in [5.74, 6) is 1.10. The summed E-state index contributed by atoms with van der Waals surface area (Å²) in [7, 11) is 0. The van der Waals surface area contributed by atoms with E-state index in [1.165, 1.54) is 52.8 Å². The van der Waals surface area contributed by atoms with E-state index in [2.05, 4.69) is 10.1 Å². The summed E-state index contributed by atoms with van der Waals surface area (Å²) in [5, 5.41) is 29.1. The van der Waals surface area contributed by atoms with Crippen LogP contribution in [0.1, 0.15) is 5.56 Å². The number of rotatable bonds is 6. The van der Waals surface area contributed by atoms with Crippen LogP contribution in [0.5, 0.6) is 11.5 Å². The van der Waals surface area contributed by atoms with Crippen molar-refractivity contribution in [3.8, 4) is 23.0 Å². The molecule has 0 atom stereocenters. The van der Waals surface area contributed by atoms with E-state index in [4.69, 9.17) is 13.9 Å². The van der Waals surface area contributed by atoms with Gasteiger partial charge in [-0.1, -0.05) is 12.1 Å². The molecular formula is C21H13N5O7S. The lowest BCUT2D eigenvalue weighted by atomic mass is 10.1. The number of nitrogens with zero attached hydrogens (tertiary/aromatic N) is 5. The van der Waals surface area contributed by atoms with Gasteiger partial charge in [-0.2, -0.15) is 5.10 Å². The van der Waals surface area contributed by atoms with Crippen LogP contribution in [-0.2, 0) is 0 Å². The number of furan rings is 1. The Balaban J connectivity index is 1.66. The van der Waals surface area contributed by atoms with Crippen LogP contribution in [0.15, 0.2) is 74.7 Å². The molecule has 3 heterocycles. The molecular weight excluding hydrogens is 466 g/mol. The molecule has 4 aromatic rings. The molecule has 0 radical (unpaired) electrons. The summed E-state index contributed by atoms with van der Waals surface area (Å²) in [6.45, 7) is -0.0338. The van der Waals surface area contributed by atoms with E-state index in [0.717, 1.165) is 0 Å². The van der Waals surface area contributed by atoms with E-state index >= 15 is 0 Å². The molecule has 34 heavy (non-hydrogen) atoms. The molecule has 2 aromatic heterocycles. The average Bonchev–Trinajstić information content (AvgIpc) is 3.58. The molecule has 1 aliphatic heterocycles. The molecule has 12 nitrogen and oxygen atoms in total. The monoisotopic (exact) mass is 479 g/mol. The van der Waals surface area contributed by atoms with Gasteiger partial charge in [0, 0.05) is 11.4 Å². The molecule has 0 fully saturated rings. The fourth-order valence-electron chi connectivity index (χ4n) is 3.23. The number of para-hydroxylation sites is 2. The first-order valence-electron chi connectivity index (χ1n) is 9.66. The Morgan fingerprint density at radius 1 is 1.00 bits per heavy atom. The van der Waals surface area contributed by atoms with Crippen molar-refractivity contribution in [3.05, 3.63) is 90.8 Å². The summed E-state index contributed by atoms with van der Waals surface area (Å²) in [6, 6.07) is 12.2. The first kappa shape index (κ1) is 21.1. The Labute approximate surface area is 193 Å². The van der Waals surface area contributed by atoms with E-state index in [1.54, 1.807) is 29.6 Å². The van der Waals surface area contributed by atoms with Crippen molar-refractivity contribution < 1.29 is 23.7 Å². The molecule has 0 saturated heterocycles. The molecule has 0 aliphatic carbocycles. The van der Waals surface area contributed by atoms with E-state index in [0.29, 0.717) is 22.0 Å². The highest BCUT2D eigenvalue weighted by Gasteiger charge is 2.23. The Bertz CT molecular complexity index is 1500. The van der Waals surface area contributed by atoms with Gasteiger partial charge in [-0.05, 0) is 24.3 Å². The zero-order valence-electron chi connectivity index (χ0n) is 17.1. The van der Waals surface area contributed by atoms with Crippen molar-refractivity contribution in [2.24, 2.45) is 10.1 Å². The number of hydrogen-bond donors (Lipinski definition) is 0. The number of nitro groups is 2. The molecule has 0 unspecified atom stereocenters. The SMILES string of the molecule is O=[N+]([O-])c1cc2c(cc1C=Nn1c(-c3ccco3)csc1=Nc1ccccc1[N+](=O)[O-])OCO2. The second-order valence-electron chi connectivity index (χ2n) is 6.82. The summed E-state index contributed by atoms with van der Waals surface area (Å²) >= 11 is 1.18. The summed E-state index contributed by atoms with van der Waals surface area (Å²) in [5.41, 5.74) is 0.429. The molecule has 170 valence electrons. The molecule has 2 aromatic carbocycles. The third kappa shape index (κ3) is 3.91. The van der Waals surface area contributed by atoms with Crippen LogP contribution in [0.3, 0.4) is 0 Å². The van der Waals surface area contributed by atoms with Crippen molar-refractivity contribution >= 4 is 34.6 Å². The van der Waals surface area contributed by atoms with Crippen molar-refractivity contribution in [2.75, 3.05) is 6.79 Å². The normalized spacial score (nSPS) is 13.0. The number of benzene rings is 2. The fourth-order valence-corrected chi connectivity index (χ4v) is 4.06. The second kappa shape index (κ2) is 8.63. The maximum atomic E-state index is 11.6. The maximum Gasteiger partial charge on any atom is 0.294 e. The fraction of sp³-hybridized carbons (Fsp3) is 0.0476. The Morgan fingerprint density at radius 3 is 2.50 bits per heavy atom. The maximum absolute atomic E-state index is 11.6. The Morgan fingerprint density at radius 2 is 1.76 bits per heavy atom. The van der Waals surface area contributed by atoms with Crippen molar-refractivity contribution in [1.29, 1.82) is 0 Å². The van der Waals surface area contributed by atoms with Crippen LogP contribution >= 0.6 is 11.3 Å². The van der Waals surface area contributed by atoms with Gasteiger partial charge in [0.2, 0.25) is 11.6 Å². The number of aromatic nitrogens is 1. The summed E-state index contributed by atoms with van der Waals surface area (Å²) < 4.78 is 17.4. The van der Waals surface area contributed by atoms with Crippen LogP contribution in [-0.4, -0.2) is 27.5 Å². The number of fused-ring (bicyclic) bond motifs is 1. The molecule has 0 amide bonds. The van der Waals surface area contributed by atoms with Gasteiger partial charge >= 0.3 is 0 Å². The summed E-state index contributed by atoms with van der Waals surface area (Å²) in [6.07, 6.45) is 2.78. The van der Waals surface area contributed by atoms with E-state index < -0.39 is 9.85 Å². The van der Waals surface area contributed by atoms with E-state index in [-0.39, 0.29) is 35.2 Å². The topological polar surface area (TPSA) is 148 Å². The minimum absolute atomic E-state index is 0.0338. The van der Waals surface area contributed by atoms with E-state index in [9.17, 15) is 20.2 Å². The Kier molecular flexibility index (Phi) is 5.35. The third-order valence-corrected chi connectivity index (χ3v) is 5.60. The lowest BCUT2D eigenvalue weighted by Crippen LogP contribution is -2.12. The van der Waals surface area contributed by atoms with Gasteiger partial charge < -0.3 is 13.9 Å². The van der Waals surface area contributed by atoms with Crippen LogP contribution in [0.4, 0.5) is 17.1 Å². The molecule has 0 spiro atoms. The summed E-state index contributed by atoms with van der Waals surface area (Å²) in [4.78, 5) is 26.6. The minimum atomic E-state index is -0.548. The molecule has 13 heteroatoms. The zero-order valence-corrected chi connectivity index (χ0v) is 17.9. The van der Waals surface area contributed by atoms with Crippen LogP contribution in [0, 0.1) is 20.2 Å². The van der Waals surface area contributed by atoms with Gasteiger partial charge in [-0.15, -0.1) is 11.3 Å². The van der Waals surface area contributed by atoms with Gasteiger partial charge in [0.15, 0.2) is 17.3 Å². The van der Waals surface area contributed by atoms with Gasteiger partial charge in [0.25, 0.3) is 11.4 Å². The standard InChI is InChI=1S/C21H13N5O7S/c27-25(28)15-5-2-1-4-14(15)23-21-24(17(11-34-21)18-6-3-7-31-18)22-10-13-8-19-20(33-12-32-19)9-16(13)26(29)30/h1-11H,12H2. The highest BCUT2D eigenvalue weighted by molar-refractivity contribution is 7.07. The largest absolute Gasteiger partial charge is 0.463 e. The van der Waals surface area contributed by atoms with Crippen molar-refractivity contribution in [2.45, 2.75) is 0 Å². The minimum Gasteiger partial charge on any atom is -0.463 e. The zero-order chi connectivity index (χ0) is 23.7. The molecule has 5 rings (SSSR count). The highest BCUT2D eigenvalue weighted by Crippen LogP contribution is 2.37. The first-order valence-corrected chi connectivity index (χ1v) is 10.5. The number of hydrogen-bond acceptors (Lipinski definition) is 10. The molecule has 0 N–H and O–H groups in total. The van der Waals surface area contributed by atoms with Crippen LogP contribution in [0.2, 0.25) is 0 Å². The quantitative estimate of drug-likeness (QED) is 0.225. The lowest BCUT2D eigenvalue weighted by Gasteiger charge is -2.03. The lowest BCUT2D eigenvalue weighted by molar-refractivity contribution is -0.385. The predicted octanol–water partition coefficient (Wildman–Crippen LogP) is 4.47. The number of ether oxygens (including phenoxy) is 2.